The quantitative estimate of drug-likeness (QED) is 0.799. The van der Waals surface area contributed by atoms with Crippen molar-refractivity contribution in [1.82, 2.24) is 25.3 Å². The third kappa shape index (κ3) is 2.69. The van der Waals surface area contributed by atoms with E-state index in [-0.39, 0.29) is 0 Å². The maximum Gasteiger partial charge on any atom is 0.160 e. The third-order valence-electron chi connectivity index (χ3n) is 4.48. The van der Waals surface area contributed by atoms with Gasteiger partial charge in [0, 0.05) is 23.9 Å². The summed E-state index contributed by atoms with van der Waals surface area (Å²) in [5, 5.41) is 4.40. The molecular formula is C18H19N5O. The Morgan fingerprint density at radius 1 is 1.04 bits per heavy atom. The molecule has 0 bridgehead atoms. The minimum atomic E-state index is 0.397. The van der Waals surface area contributed by atoms with Gasteiger partial charge >= 0.3 is 0 Å². The lowest BCUT2D eigenvalue weighted by Crippen LogP contribution is -2.27. The highest BCUT2D eigenvalue weighted by atomic mass is 16.5. The Bertz CT molecular complexity index is 847. The van der Waals surface area contributed by atoms with Gasteiger partial charge in [0.25, 0.3) is 0 Å². The molecule has 0 aliphatic carbocycles. The highest BCUT2D eigenvalue weighted by molar-refractivity contribution is 5.88. The summed E-state index contributed by atoms with van der Waals surface area (Å²) in [6.45, 7) is 2.02. The summed E-state index contributed by atoms with van der Waals surface area (Å²) in [4.78, 5) is 18.0. The number of aromatic nitrogens is 4. The first-order valence-electron chi connectivity index (χ1n) is 8.17. The van der Waals surface area contributed by atoms with Crippen molar-refractivity contribution in [2.75, 3.05) is 20.2 Å². The van der Waals surface area contributed by atoms with Crippen molar-refractivity contribution in [2.24, 2.45) is 0 Å². The van der Waals surface area contributed by atoms with Gasteiger partial charge in [-0.3, -0.25) is 9.97 Å². The lowest BCUT2D eigenvalue weighted by Gasteiger charge is -2.24. The van der Waals surface area contributed by atoms with E-state index in [1.807, 2.05) is 12.1 Å². The zero-order chi connectivity index (χ0) is 16.4. The number of fused-ring (bicyclic) bond motifs is 1. The summed E-state index contributed by atoms with van der Waals surface area (Å²) in [6, 6.07) is 3.86. The number of rotatable bonds is 3. The number of methoxy groups -OCH3 is 1. The summed E-state index contributed by atoms with van der Waals surface area (Å²) < 4.78 is 5.54. The van der Waals surface area contributed by atoms with E-state index in [1.165, 1.54) is 0 Å². The van der Waals surface area contributed by atoms with E-state index < -0.39 is 0 Å². The van der Waals surface area contributed by atoms with Crippen molar-refractivity contribution >= 4 is 10.9 Å². The molecule has 0 saturated carbocycles. The van der Waals surface area contributed by atoms with Gasteiger partial charge < -0.3 is 10.1 Å². The zero-order valence-electron chi connectivity index (χ0n) is 13.6. The molecule has 1 aliphatic heterocycles. The zero-order valence-corrected chi connectivity index (χ0v) is 13.6. The van der Waals surface area contributed by atoms with Crippen molar-refractivity contribution in [3.8, 4) is 17.1 Å². The van der Waals surface area contributed by atoms with Crippen molar-refractivity contribution in [1.29, 1.82) is 0 Å². The number of hydrogen-bond acceptors (Lipinski definition) is 6. The first kappa shape index (κ1) is 15.0. The molecule has 1 fully saturated rings. The second-order valence-corrected chi connectivity index (χ2v) is 5.93. The van der Waals surface area contributed by atoms with Gasteiger partial charge in [-0.25, -0.2) is 9.97 Å². The monoisotopic (exact) mass is 321 g/mol. The second-order valence-electron chi connectivity index (χ2n) is 5.93. The van der Waals surface area contributed by atoms with E-state index in [0.717, 1.165) is 53.8 Å². The van der Waals surface area contributed by atoms with E-state index in [2.05, 4.69) is 15.3 Å². The third-order valence-corrected chi connectivity index (χ3v) is 4.48. The van der Waals surface area contributed by atoms with Crippen LogP contribution in [0.5, 0.6) is 5.75 Å². The van der Waals surface area contributed by atoms with Crippen LogP contribution < -0.4 is 10.1 Å². The molecule has 0 aromatic carbocycles. The smallest absolute Gasteiger partial charge is 0.160 e. The fourth-order valence-corrected chi connectivity index (χ4v) is 3.26. The maximum atomic E-state index is 5.54. The fraction of sp³-hybridized carbons (Fsp3) is 0.333. The van der Waals surface area contributed by atoms with Crippen LogP contribution in [0.15, 0.2) is 36.9 Å². The predicted molar refractivity (Wildman–Crippen MR) is 92.0 cm³/mol. The standard InChI is InChI=1S/C18H19N5O/c1-24-15-11-21-10-14-16(15)17(12-2-6-19-7-3-12)23-18(22-14)13-4-8-20-9-5-13/h4-5,8-12,19H,2-3,6-7H2,1H3. The molecule has 122 valence electrons. The van der Waals surface area contributed by atoms with E-state index in [1.54, 1.807) is 31.9 Å². The van der Waals surface area contributed by atoms with E-state index >= 15 is 0 Å². The molecule has 0 spiro atoms. The number of ether oxygens (including phenoxy) is 1. The Morgan fingerprint density at radius 2 is 1.83 bits per heavy atom. The lowest BCUT2D eigenvalue weighted by atomic mass is 9.91. The molecule has 6 nitrogen and oxygen atoms in total. The highest BCUT2D eigenvalue weighted by Crippen LogP contribution is 2.35. The van der Waals surface area contributed by atoms with Gasteiger partial charge in [0.1, 0.15) is 5.75 Å². The highest BCUT2D eigenvalue weighted by Gasteiger charge is 2.23. The first-order valence-corrected chi connectivity index (χ1v) is 8.17. The molecule has 4 rings (SSSR count). The minimum absolute atomic E-state index is 0.397. The van der Waals surface area contributed by atoms with Gasteiger partial charge in [-0.15, -0.1) is 0 Å². The number of nitrogens with zero attached hydrogens (tertiary/aromatic N) is 4. The van der Waals surface area contributed by atoms with Crippen LogP contribution in [0.1, 0.15) is 24.5 Å². The molecule has 3 aromatic rings. The molecule has 4 heterocycles. The van der Waals surface area contributed by atoms with Crippen LogP contribution in [-0.2, 0) is 0 Å². The van der Waals surface area contributed by atoms with Gasteiger partial charge in [-0.05, 0) is 38.1 Å². The molecule has 6 heteroatoms. The first-order chi connectivity index (χ1) is 11.9. The molecular weight excluding hydrogens is 302 g/mol. The fourth-order valence-electron chi connectivity index (χ4n) is 3.26. The average molecular weight is 321 g/mol. The Hall–Kier alpha value is -2.60. The normalized spacial score (nSPS) is 15.5. The van der Waals surface area contributed by atoms with Crippen LogP contribution in [-0.4, -0.2) is 40.1 Å². The number of nitrogens with one attached hydrogen (secondary N) is 1. The van der Waals surface area contributed by atoms with Crippen molar-refractivity contribution in [2.45, 2.75) is 18.8 Å². The maximum absolute atomic E-state index is 5.54. The van der Waals surface area contributed by atoms with Crippen molar-refractivity contribution < 1.29 is 4.74 Å². The number of hydrogen-bond donors (Lipinski definition) is 1. The average Bonchev–Trinajstić information content (AvgIpc) is 2.68. The molecule has 0 unspecified atom stereocenters. The Labute approximate surface area is 140 Å². The van der Waals surface area contributed by atoms with Crippen LogP contribution in [0.2, 0.25) is 0 Å². The van der Waals surface area contributed by atoms with Gasteiger partial charge in [0.2, 0.25) is 0 Å². The van der Waals surface area contributed by atoms with Crippen LogP contribution >= 0.6 is 0 Å². The Balaban J connectivity index is 1.94. The van der Waals surface area contributed by atoms with Crippen LogP contribution in [0.25, 0.3) is 22.3 Å². The largest absolute Gasteiger partial charge is 0.494 e. The summed E-state index contributed by atoms with van der Waals surface area (Å²) in [5.41, 5.74) is 2.85. The molecule has 1 aliphatic rings. The minimum Gasteiger partial charge on any atom is -0.494 e. The number of piperidine rings is 1. The molecule has 3 aromatic heterocycles. The van der Waals surface area contributed by atoms with E-state index in [9.17, 15) is 0 Å². The van der Waals surface area contributed by atoms with Crippen molar-refractivity contribution in [3.05, 3.63) is 42.6 Å². The van der Waals surface area contributed by atoms with Crippen LogP contribution in [0.4, 0.5) is 0 Å². The summed E-state index contributed by atoms with van der Waals surface area (Å²) in [7, 11) is 1.67. The van der Waals surface area contributed by atoms with Crippen molar-refractivity contribution in [3.63, 3.8) is 0 Å². The topological polar surface area (TPSA) is 72.8 Å². The van der Waals surface area contributed by atoms with E-state index in [4.69, 9.17) is 14.7 Å². The summed E-state index contributed by atoms with van der Waals surface area (Å²) >= 11 is 0. The molecule has 0 atom stereocenters. The summed E-state index contributed by atoms with van der Waals surface area (Å²) in [6.07, 6.45) is 9.17. The van der Waals surface area contributed by atoms with Gasteiger partial charge in [-0.1, -0.05) is 0 Å². The second kappa shape index (κ2) is 6.49. The Kier molecular flexibility index (Phi) is 4.04. The summed E-state index contributed by atoms with van der Waals surface area (Å²) in [5.74, 6) is 1.85. The van der Waals surface area contributed by atoms with E-state index in [0.29, 0.717) is 11.7 Å². The van der Waals surface area contributed by atoms with Crippen LogP contribution in [0.3, 0.4) is 0 Å². The molecule has 24 heavy (non-hydrogen) atoms. The molecule has 1 N–H and O–H groups in total. The van der Waals surface area contributed by atoms with Gasteiger partial charge in [-0.2, -0.15) is 0 Å². The number of pyridine rings is 2. The Morgan fingerprint density at radius 3 is 2.58 bits per heavy atom. The molecule has 0 amide bonds. The predicted octanol–water partition coefficient (Wildman–Crippen LogP) is 2.56. The molecule has 1 saturated heterocycles. The molecule has 0 radical (unpaired) electrons. The van der Waals surface area contributed by atoms with Crippen LogP contribution in [0, 0.1) is 0 Å². The van der Waals surface area contributed by atoms with Gasteiger partial charge in [0.05, 0.1) is 36.1 Å². The van der Waals surface area contributed by atoms with Gasteiger partial charge in [0.15, 0.2) is 5.82 Å². The lowest BCUT2D eigenvalue weighted by molar-refractivity contribution is 0.415. The SMILES string of the molecule is COc1cncc2nc(-c3ccncc3)nc(C3CCNCC3)c12.